The number of allylic oxidation sites excluding steroid dienone is 2. The van der Waals surface area contributed by atoms with Crippen LogP contribution in [-0.2, 0) is 9.59 Å². The quantitative estimate of drug-likeness (QED) is 0.557. The Morgan fingerprint density at radius 1 is 1.40 bits per heavy atom. The number of amides is 1. The van der Waals surface area contributed by atoms with Crippen molar-refractivity contribution in [2.45, 2.75) is 19.4 Å². The number of carbonyl (C=O) groups is 2. The predicted molar refractivity (Wildman–Crippen MR) is 110 cm³/mol. The minimum Gasteiger partial charge on any atom is -0.480 e. The van der Waals surface area contributed by atoms with Gasteiger partial charge in [0.1, 0.15) is 10.4 Å². The Hall–Kier alpha value is -1.57. The van der Waals surface area contributed by atoms with Gasteiger partial charge in [-0.05, 0) is 42.6 Å². The van der Waals surface area contributed by atoms with E-state index in [4.69, 9.17) is 12.2 Å². The highest BCUT2D eigenvalue weighted by Gasteiger charge is 2.40. The zero-order valence-electron chi connectivity index (χ0n) is 14.0. The summed E-state index contributed by atoms with van der Waals surface area (Å²) in [5.74, 6) is -0.701. The fraction of sp³-hybridized carbons (Fsp3) is 0.278. The van der Waals surface area contributed by atoms with Gasteiger partial charge in [0.2, 0.25) is 0 Å². The van der Waals surface area contributed by atoms with Gasteiger partial charge in [0, 0.05) is 0 Å². The zero-order valence-corrected chi connectivity index (χ0v) is 16.4. The summed E-state index contributed by atoms with van der Waals surface area (Å²) in [5.41, 5.74) is 1.94. The molecule has 2 rings (SSSR count). The normalized spacial score (nSPS) is 18.1. The predicted octanol–water partition coefficient (Wildman–Crippen LogP) is 4.04. The first kappa shape index (κ1) is 19.8. The highest BCUT2D eigenvalue weighted by atomic mass is 32.2. The Balaban J connectivity index is 2.22. The highest BCUT2D eigenvalue weighted by Crippen LogP contribution is 2.34. The third kappa shape index (κ3) is 5.20. The Morgan fingerprint density at radius 2 is 2.08 bits per heavy atom. The maximum atomic E-state index is 12.7. The van der Waals surface area contributed by atoms with E-state index < -0.39 is 12.0 Å². The molecule has 1 saturated heterocycles. The lowest BCUT2D eigenvalue weighted by atomic mass is 10.1. The summed E-state index contributed by atoms with van der Waals surface area (Å²) < 4.78 is 0.303. The fourth-order valence-electron chi connectivity index (χ4n) is 2.40. The molecular weight excluding hydrogens is 374 g/mol. The molecule has 1 aliphatic rings. The largest absolute Gasteiger partial charge is 0.480 e. The van der Waals surface area contributed by atoms with Gasteiger partial charge in [0.15, 0.2) is 0 Å². The lowest BCUT2D eigenvalue weighted by molar-refractivity contribution is -0.145. The van der Waals surface area contributed by atoms with E-state index in [0.29, 0.717) is 21.4 Å². The molecular formula is C18H19NO3S3. The van der Waals surface area contributed by atoms with Crippen LogP contribution in [0.15, 0.2) is 46.9 Å². The summed E-state index contributed by atoms with van der Waals surface area (Å²) in [4.78, 5) is 25.9. The van der Waals surface area contributed by atoms with Crippen molar-refractivity contribution in [2.75, 3.05) is 12.0 Å². The van der Waals surface area contributed by atoms with E-state index in [0.717, 1.165) is 22.9 Å². The SMILES string of the molecule is CSCC[C@@H](C(=O)O)N1C(=O)/C(=C/C(C)=C/c2ccccc2)SC1=S. The van der Waals surface area contributed by atoms with Crippen LogP contribution in [0.3, 0.4) is 0 Å². The Kier molecular flexibility index (Phi) is 7.28. The van der Waals surface area contributed by atoms with E-state index in [1.807, 2.05) is 49.6 Å². The van der Waals surface area contributed by atoms with Gasteiger partial charge in [-0.25, -0.2) is 4.79 Å². The molecule has 7 heteroatoms. The van der Waals surface area contributed by atoms with Crippen LogP contribution in [0.5, 0.6) is 0 Å². The molecule has 1 amide bonds. The van der Waals surface area contributed by atoms with Gasteiger partial charge in [-0.15, -0.1) is 0 Å². The van der Waals surface area contributed by atoms with Crippen LogP contribution in [0.2, 0.25) is 0 Å². The van der Waals surface area contributed by atoms with Crippen molar-refractivity contribution in [3.8, 4) is 0 Å². The number of rotatable bonds is 7. The van der Waals surface area contributed by atoms with E-state index >= 15 is 0 Å². The molecule has 1 fully saturated rings. The third-order valence-electron chi connectivity index (χ3n) is 3.57. The van der Waals surface area contributed by atoms with Crippen LogP contribution in [0.4, 0.5) is 0 Å². The molecule has 25 heavy (non-hydrogen) atoms. The molecule has 1 aliphatic heterocycles. The number of carboxylic acids is 1. The molecule has 1 heterocycles. The van der Waals surface area contributed by atoms with Crippen molar-refractivity contribution < 1.29 is 14.7 Å². The number of thioether (sulfide) groups is 2. The van der Waals surface area contributed by atoms with Gasteiger partial charge in [-0.2, -0.15) is 11.8 Å². The summed E-state index contributed by atoms with van der Waals surface area (Å²) in [6, 6.07) is 8.88. The number of thiocarbonyl (C=S) groups is 1. The van der Waals surface area contributed by atoms with Crippen LogP contribution in [0.1, 0.15) is 18.9 Å². The molecule has 0 aliphatic carbocycles. The molecule has 132 valence electrons. The van der Waals surface area contributed by atoms with Gasteiger partial charge in [0.05, 0.1) is 4.91 Å². The molecule has 1 aromatic rings. The molecule has 0 bridgehead atoms. The van der Waals surface area contributed by atoms with Gasteiger partial charge in [-0.1, -0.05) is 60.4 Å². The number of aliphatic carboxylic acids is 1. The fourth-order valence-corrected chi connectivity index (χ4v) is 4.27. The van der Waals surface area contributed by atoms with Gasteiger partial charge in [-0.3, -0.25) is 9.69 Å². The van der Waals surface area contributed by atoms with Crippen LogP contribution in [0, 0.1) is 0 Å². The maximum Gasteiger partial charge on any atom is 0.326 e. The second kappa shape index (κ2) is 9.22. The first-order valence-corrected chi connectivity index (χ1v) is 10.3. The Labute approximate surface area is 161 Å². The van der Waals surface area contributed by atoms with E-state index in [1.54, 1.807) is 17.8 Å². The van der Waals surface area contributed by atoms with E-state index in [2.05, 4.69) is 0 Å². The van der Waals surface area contributed by atoms with Crippen molar-refractivity contribution in [3.05, 3.63) is 52.4 Å². The molecule has 1 aromatic carbocycles. The average Bonchev–Trinajstić information content (AvgIpc) is 2.83. The zero-order chi connectivity index (χ0) is 18.4. The molecule has 0 spiro atoms. The molecule has 0 unspecified atom stereocenters. The standard InChI is InChI=1S/C18H19NO3S3/c1-12(10-13-6-4-3-5-7-13)11-15-16(20)19(18(23)25-15)14(17(21)22)8-9-24-2/h3-7,10-11,14H,8-9H2,1-2H3,(H,21,22)/b12-10+,15-11-/t14-/m0/s1. The van der Waals surface area contributed by atoms with E-state index in [1.165, 1.54) is 4.90 Å². The monoisotopic (exact) mass is 393 g/mol. The maximum absolute atomic E-state index is 12.7. The second-order valence-corrected chi connectivity index (χ2v) is 8.15. The number of nitrogens with zero attached hydrogens (tertiary/aromatic N) is 1. The first-order chi connectivity index (χ1) is 11.9. The topological polar surface area (TPSA) is 57.6 Å². The number of hydrogen-bond donors (Lipinski definition) is 1. The number of benzene rings is 1. The minimum absolute atomic E-state index is 0.303. The highest BCUT2D eigenvalue weighted by molar-refractivity contribution is 8.26. The van der Waals surface area contributed by atoms with Gasteiger partial charge in [0.25, 0.3) is 5.91 Å². The molecule has 4 nitrogen and oxygen atoms in total. The molecule has 0 radical (unpaired) electrons. The van der Waals surface area contributed by atoms with Crippen LogP contribution >= 0.6 is 35.7 Å². The Bertz CT molecular complexity index is 728. The van der Waals surface area contributed by atoms with Crippen molar-refractivity contribution in [1.82, 2.24) is 4.90 Å². The Morgan fingerprint density at radius 3 is 2.68 bits per heavy atom. The van der Waals surface area contributed by atoms with Crippen molar-refractivity contribution in [3.63, 3.8) is 0 Å². The van der Waals surface area contributed by atoms with Crippen LogP contribution in [-0.4, -0.2) is 44.3 Å². The van der Waals surface area contributed by atoms with E-state index in [-0.39, 0.29) is 5.91 Å². The number of carbonyl (C=O) groups excluding carboxylic acids is 1. The number of hydrogen-bond acceptors (Lipinski definition) is 5. The van der Waals surface area contributed by atoms with Crippen LogP contribution in [0.25, 0.3) is 6.08 Å². The average molecular weight is 394 g/mol. The molecule has 1 N–H and O–H groups in total. The van der Waals surface area contributed by atoms with Crippen molar-refractivity contribution in [1.29, 1.82) is 0 Å². The number of carboxylic acid groups (broad SMARTS) is 1. The van der Waals surface area contributed by atoms with E-state index in [9.17, 15) is 14.7 Å². The first-order valence-electron chi connectivity index (χ1n) is 7.66. The molecule has 0 aromatic heterocycles. The lowest BCUT2D eigenvalue weighted by Crippen LogP contribution is -2.44. The van der Waals surface area contributed by atoms with Gasteiger partial charge >= 0.3 is 5.97 Å². The third-order valence-corrected chi connectivity index (χ3v) is 5.54. The summed E-state index contributed by atoms with van der Waals surface area (Å²) in [7, 11) is 0. The summed E-state index contributed by atoms with van der Waals surface area (Å²) in [6.45, 7) is 1.90. The second-order valence-electron chi connectivity index (χ2n) is 5.49. The lowest BCUT2D eigenvalue weighted by Gasteiger charge is -2.22. The van der Waals surface area contributed by atoms with Gasteiger partial charge < -0.3 is 5.11 Å². The smallest absolute Gasteiger partial charge is 0.326 e. The van der Waals surface area contributed by atoms with Crippen LogP contribution < -0.4 is 0 Å². The summed E-state index contributed by atoms with van der Waals surface area (Å²) >= 11 is 7.96. The summed E-state index contributed by atoms with van der Waals surface area (Å²) in [6.07, 6.45) is 6.00. The molecule has 0 saturated carbocycles. The van der Waals surface area contributed by atoms with Crippen molar-refractivity contribution in [2.24, 2.45) is 0 Å². The summed E-state index contributed by atoms with van der Waals surface area (Å²) in [5, 5.41) is 9.46. The molecule has 1 atom stereocenters. The van der Waals surface area contributed by atoms with Crippen molar-refractivity contribution >= 4 is 58.0 Å². The minimum atomic E-state index is -1.02.